The summed E-state index contributed by atoms with van der Waals surface area (Å²) in [6, 6.07) is 9.33. The van der Waals surface area contributed by atoms with E-state index >= 15 is 0 Å². The number of carbonyl (C=O) groups excluding carboxylic acids is 1. The highest BCUT2D eigenvalue weighted by Gasteiger charge is 2.24. The lowest BCUT2D eigenvalue weighted by Crippen LogP contribution is -2.04. The number of carbonyl (C=O) groups is 1. The third kappa shape index (κ3) is 1.73. The van der Waals surface area contributed by atoms with Gasteiger partial charge in [0.15, 0.2) is 0 Å². The van der Waals surface area contributed by atoms with Crippen LogP contribution in [0.1, 0.15) is 11.3 Å². The molecule has 3 nitrogen and oxygen atoms in total. The number of fused-ring (bicyclic) bond motifs is 1. The maximum atomic E-state index is 11.9. The summed E-state index contributed by atoms with van der Waals surface area (Å²) in [7, 11) is 1.95. The molecule has 90 valence electrons. The van der Waals surface area contributed by atoms with E-state index in [-0.39, 0.29) is 5.91 Å². The summed E-state index contributed by atoms with van der Waals surface area (Å²) >= 11 is 5.91. The monoisotopic (exact) mass is 258 g/mol. The van der Waals surface area contributed by atoms with E-state index in [4.69, 9.17) is 11.6 Å². The average molecular weight is 259 g/mol. The van der Waals surface area contributed by atoms with Crippen LogP contribution >= 0.6 is 11.6 Å². The molecule has 1 amide bonds. The molecule has 0 aliphatic carbocycles. The summed E-state index contributed by atoms with van der Waals surface area (Å²) < 4.78 is 1.97. The van der Waals surface area contributed by atoms with Crippen molar-refractivity contribution in [3.05, 3.63) is 52.8 Å². The molecule has 0 unspecified atom stereocenters. The summed E-state index contributed by atoms with van der Waals surface area (Å²) in [6.45, 7) is 0. The van der Waals surface area contributed by atoms with Crippen LogP contribution in [0.15, 0.2) is 36.5 Å². The van der Waals surface area contributed by atoms with Gasteiger partial charge in [0.1, 0.15) is 0 Å². The summed E-state index contributed by atoms with van der Waals surface area (Å²) in [6.07, 6.45) is 3.83. The molecule has 0 atom stereocenters. The van der Waals surface area contributed by atoms with Crippen LogP contribution in [0.5, 0.6) is 0 Å². The van der Waals surface area contributed by atoms with E-state index in [1.807, 2.05) is 42.1 Å². The van der Waals surface area contributed by atoms with Gasteiger partial charge in [-0.25, -0.2) is 0 Å². The van der Waals surface area contributed by atoms with Crippen molar-refractivity contribution in [1.29, 1.82) is 0 Å². The van der Waals surface area contributed by atoms with Crippen LogP contribution in [0.3, 0.4) is 0 Å². The zero-order valence-corrected chi connectivity index (χ0v) is 10.5. The van der Waals surface area contributed by atoms with Crippen LogP contribution in [0.25, 0.3) is 11.6 Å². The molecule has 0 fully saturated rings. The molecule has 1 aliphatic rings. The van der Waals surface area contributed by atoms with Gasteiger partial charge in [-0.05, 0) is 30.3 Å². The number of aryl methyl sites for hydroxylation is 1. The number of hydrogen-bond donors (Lipinski definition) is 1. The summed E-state index contributed by atoms with van der Waals surface area (Å²) in [5.41, 5.74) is 3.32. The van der Waals surface area contributed by atoms with Crippen molar-refractivity contribution in [2.75, 3.05) is 5.32 Å². The number of benzene rings is 1. The van der Waals surface area contributed by atoms with Gasteiger partial charge >= 0.3 is 0 Å². The highest BCUT2D eigenvalue weighted by molar-refractivity contribution is 6.36. The van der Waals surface area contributed by atoms with Crippen molar-refractivity contribution in [3.63, 3.8) is 0 Å². The predicted molar refractivity (Wildman–Crippen MR) is 73.4 cm³/mol. The van der Waals surface area contributed by atoms with Crippen LogP contribution in [-0.4, -0.2) is 10.5 Å². The number of anilines is 1. The van der Waals surface area contributed by atoms with E-state index in [2.05, 4.69) is 5.32 Å². The van der Waals surface area contributed by atoms with Crippen molar-refractivity contribution < 1.29 is 4.79 Å². The summed E-state index contributed by atoms with van der Waals surface area (Å²) in [4.78, 5) is 11.9. The Kier molecular flexibility index (Phi) is 2.49. The first-order chi connectivity index (χ1) is 8.65. The van der Waals surface area contributed by atoms with Gasteiger partial charge in [0.05, 0.1) is 11.3 Å². The minimum absolute atomic E-state index is 0.0894. The van der Waals surface area contributed by atoms with E-state index in [9.17, 15) is 4.79 Å². The van der Waals surface area contributed by atoms with Gasteiger partial charge in [0, 0.05) is 29.5 Å². The normalized spacial score (nSPS) is 15.9. The second kappa shape index (κ2) is 4.03. The van der Waals surface area contributed by atoms with E-state index in [0.29, 0.717) is 10.6 Å². The van der Waals surface area contributed by atoms with Gasteiger partial charge in [0.2, 0.25) is 0 Å². The molecule has 0 saturated heterocycles. The second-order valence-corrected chi connectivity index (χ2v) is 4.68. The van der Waals surface area contributed by atoms with Crippen molar-refractivity contribution in [2.24, 2.45) is 7.05 Å². The van der Waals surface area contributed by atoms with Crippen LogP contribution in [0.2, 0.25) is 5.02 Å². The first-order valence-electron chi connectivity index (χ1n) is 5.59. The van der Waals surface area contributed by atoms with Crippen LogP contribution in [-0.2, 0) is 11.8 Å². The molecule has 3 rings (SSSR count). The molecule has 0 radical (unpaired) electrons. The van der Waals surface area contributed by atoms with E-state index in [1.165, 1.54) is 0 Å². The van der Waals surface area contributed by atoms with Crippen LogP contribution < -0.4 is 5.32 Å². The van der Waals surface area contributed by atoms with Gasteiger partial charge in [-0.3, -0.25) is 4.79 Å². The molecule has 2 heterocycles. The topological polar surface area (TPSA) is 34.0 Å². The third-order valence-corrected chi connectivity index (χ3v) is 3.28. The fourth-order valence-electron chi connectivity index (χ4n) is 2.08. The number of amides is 1. The molecule has 0 spiro atoms. The molecule has 1 aromatic carbocycles. The Morgan fingerprint density at radius 2 is 2.17 bits per heavy atom. The van der Waals surface area contributed by atoms with E-state index in [0.717, 1.165) is 16.9 Å². The smallest absolute Gasteiger partial charge is 0.256 e. The fraction of sp³-hybridized carbons (Fsp3) is 0.0714. The summed E-state index contributed by atoms with van der Waals surface area (Å²) in [5.74, 6) is -0.0894. The average Bonchev–Trinajstić information content (AvgIpc) is 2.85. The lowest BCUT2D eigenvalue weighted by atomic mass is 10.1. The van der Waals surface area contributed by atoms with E-state index in [1.54, 1.807) is 12.1 Å². The molecule has 1 N–H and O–H groups in total. The largest absolute Gasteiger partial charge is 0.351 e. The van der Waals surface area contributed by atoms with Gasteiger partial charge in [-0.1, -0.05) is 17.7 Å². The minimum atomic E-state index is -0.0894. The maximum absolute atomic E-state index is 11.9. The molecular weight excluding hydrogens is 248 g/mol. The Balaban J connectivity index is 2.12. The highest BCUT2D eigenvalue weighted by Crippen LogP contribution is 2.34. The Morgan fingerprint density at radius 1 is 1.33 bits per heavy atom. The third-order valence-electron chi connectivity index (χ3n) is 3.04. The maximum Gasteiger partial charge on any atom is 0.256 e. The van der Waals surface area contributed by atoms with Gasteiger partial charge in [-0.2, -0.15) is 0 Å². The van der Waals surface area contributed by atoms with Crippen LogP contribution in [0.4, 0.5) is 5.69 Å². The quantitative estimate of drug-likeness (QED) is 0.784. The van der Waals surface area contributed by atoms with Gasteiger partial charge < -0.3 is 9.88 Å². The van der Waals surface area contributed by atoms with Gasteiger partial charge in [-0.15, -0.1) is 0 Å². The lowest BCUT2D eigenvalue weighted by Gasteiger charge is -2.00. The second-order valence-electron chi connectivity index (χ2n) is 4.25. The Hall–Kier alpha value is -2.00. The Bertz CT molecular complexity index is 670. The van der Waals surface area contributed by atoms with Crippen molar-refractivity contribution >= 4 is 34.8 Å². The fourth-order valence-corrected chi connectivity index (χ4v) is 2.25. The molecule has 1 aliphatic heterocycles. The lowest BCUT2D eigenvalue weighted by molar-refractivity contribution is -0.110. The number of rotatable bonds is 1. The molecule has 2 aromatic rings. The first kappa shape index (κ1) is 11.1. The molecule has 1 aromatic heterocycles. The van der Waals surface area contributed by atoms with E-state index < -0.39 is 0 Å². The number of halogens is 1. The number of nitrogens with one attached hydrogen (secondary N) is 1. The SMILES string of the molecule is Cn1cccc1/C=C1/C(=O)Nc2cc(Cl)ccc21. The van der Waals surface area contributed by atoms with Crippen molar-refractivity contribution in [3.8, 4) is 0 Å². The molecule has 18 heavy (non-hydrogen) atoms. The summed E-state index contributed by atoms with van der Waals surface area (Å²) in [5, 5.41) is 3.44. The number of aromatic nitrogens is 1. The molecule has 0 bridgehead atoms. The van der Waals surface area contributed by atoms with Crippen molar-refractivity contribution in [1.82, 2.24) is 4.57 Å². The molecular formula is C14H11ClN2O. The number of hydrogen-bond acceptors (Lipinski definition) is 1. The van der Waals surface area contributed by atoms with Crippen LogP contribution in [0, 0.1) is 0 Å². The Labute approximate surface area is 110 Å². The standard InChI is InChI=1S/C14H11ClN2O/c1-17-6-2-3-10(17)8-12-11-5-4-9(15)7-13(11)16-14(12)18/h2-8H,1H3,(H,16,18)/b12-8+. The Morgan fingerprint density at radius 3 is 2.89 bits per heavy atom. The highest BCUT2D eigenvalue weighted by atomic mass is 35.5. The zero-order chi connectivity index (χ0) is 12.7. The van der Waals surface area contributed by atoms with Gasteiger partial charge in [0.25, 0.3) is 5.91 Å². The molecule has 0 saturated carbocycles. The predicted octanol–water partition coefficient (Wildman–Crippen LogP) is 3.17. The first-order valence-corrected chi connectivity index (χ1v) is 5.97. The zero-order valence-electron chi connectivity index (χ0n) is 9.77. The number of nitrogens with zero attached hydrogens (tertiary/aromatic N) is 1. The van der Waals surface area contributed by atoms with Crippen molar-refractivity contribution in [2.45, 2.75) is 0 Å². The molecule has 4 heteroatoms. The minimum Gasteiger partial charge on any atom is -0.351 e.